The van der Waals surface area contributed by atoms with E-state index < -0.39 is 0 Å². The zero-order chi connectivity index (χ0) is 13.8. The molecule has 1 atom stereocenters. The summed E-state index contributed by atoms with van der Waals surface area (Å²) in [6.45, 7) is 2.02. The first-order valence-corrected chi connectivity index (χ1v) is 6.29. The molecular weight excluding hydrogens is 258 g/mol. The van der Waals surface area contributed by atoms with Gasteiger partial charge in [-0.1, -0.05) is 23.7 Å². The second-order valence-electron chi connectivity index (χ2n) is 4.33. The predicted octanol–water partition coefficient (Wildman–Crippen LogP) is 3.97. The second-order valence-corrected chi connectivity index (χ2v) is 4.77. The van der Waals surface area contributed by atoms with Crippen LogP contribution in [-0.4, -0.2) is 0 Å². The van der Waals surface area contributed by atoms with E-state index >= 15 is 0 Å². The van der Waals surface area contributed by atoms with Gasteiger partial charge >= 0.3 is 0 Å². The summed E-state index contributed by atoms with van der Waals surface area (Å²) in [4.78, 5) is 0. The fourth-order valence-electron chi connectivity index (χ4n) is 1.84. The maximum atomic E-state index is 8.90. The van der Waals surface area contributed by atoms with Gasteiger partial charge in [-0.15, -0.1) is 0 Å². The molecule has 0 bridgehead atoms. The monoisotopic (exact) mass is 271 g/mol. The molecule has 0 heterocycles. The molecule has 0 aliphatic heterocycles. The predicted molar refractivity (Wildman–Crippen MR) is 79.1 cm³/mol. The smallest absolute Gasteiger partial charge is 0.0992 e. The SMILES string of the molecule is CC(Nc1cc(C#N)ccc1N)c1cccc(Cl)c1. The second kappa shape index (κ2) is 5.64. The van der Waals surface area contributed by atoms with Crippen LogP contribution in [0.15, 0.2) is 42.5 Å². The summed E-state index contributed by atoms with van der Waals surface area (Å²) in [5, 5.41) is 12.9. The Bertz CT molecular complexity index is 632. The Labute approximate surface area is 117 Å². The fraction of sp³-hybridized carbons (Fsp3) is 0.133. The van der Waals surface area contributed by atoms with Crippen molar-refractivity contribution in [1.82, 2.24) is 0 Å². The van der Waals surface area contributed by atoms with Crippen LogP contribution in [0.25, 0.3) is 0 Å². The lowest BCUT2D eigenvalue weighted by Crippen LogP contribution is -2.08. The molecule has 0 fully saturated rings. The minimum Gasteiger partial charge on any atom is -0.397 e. The number of nitrogens with zero attached hydrogens (tertiary/aromatic N) is 1. The van der Waals surface area contributed by atoms with E-state index in [0.717, 1.165) is 11.3 Å². The number of nitrogen functional groups attached to an aromatic ring is 1. The first kappa shape index (κ1) is 13.3. The highest BCUT2D eigenvalue weighted by Gasteiger charge is 2.08. The van der Waals surface area contributed by atoms with Crippen LogP contribution >= 0.6 is 11.6 Å². The molecule has 2 rings (SSSR count). The quantitative estimate of drug-likeness (QED) is 0.831. The van der Waals surface area contributed by atoms with Crippen molar-refractivity contribution in [3.63, 3.8) is 0 Å². The van der Waals surface area contributed by atoms with Crippen molar-refractivity contribution in [1.29, 1.82) is 5.26 Å². The van der Waals surface area contributed by atoms with Crippen molar-refractivity contribution in [2.45, 2.75) is 13.0 Å². The van der Waals surface area contributed by atoms with Gasteiger partial charge < -0.3 is 11.1 Å². The van der Waals surface area contributed by atoms with Crippen LogP contribution in [0.4, 0.5) is 11.4 Å². The van der Waals surface area contributed by atoms with Crippen molar-refractivity contribution in [3.05, 3.63) is 58.6 Å². The molecule has 0 saturated carbocycles. The molecule has 2 aromatic rings. The molecule has 0 spiro atoms. The molecule has 0 radical (unpaired) electrons. The van der Waals surface area contributed by atoms with Gasteiger partial charge in [0.05, 0.1) is 23.0 Å². The lowest BCUT2D eigenvalue weighted by molar-refractivity contribution is 0.885. The van der Waals surface area contributed by atoms with Crippen molar-refractivity contribution in [2.24, 2.45) is 0 Å². The molecule has 0 aliphatic carbocycles. The van der Waals surface area contributed by atoms with E-state index in [-0.39, 0.29) is 6.04 Å². The zero-order valence-electron chi connectivity index (χ0n) is 10.5. The molecule has 0 saturated heterocycles. The summed E-state index contributed by atoms with van der Waals surface area (Å²) >= 11 is 5.98. The Morgan fingerprint density at radius 3 is 2.74 bits per heavy atom. The first-order valence-electron chi connectivity index (χ1n) is 5.92. The average molecular weight is 272 g/mol. The van der Waals surface area contributed by atoms with Crippen molar-refractivity contribution >= 4 is 23.0 Å². The Kier molecular flexibility index (Phi) is 3.94. The summed E-state index contributed by atoms with van der Waals surface area (Å²) in [5.41, 5.74) is 8.92. The maximum Gasteiger partial charge on any atom is 0.0992 e. The number of nitriles is 1. The summed E-state index contributed by atoms with van der Waals surface area (Å²) in [5.74, 6) is 0. The van der Waals surface area contributed by atoms with E-state index in [2.05, 4.69) is 11.4 Å². The standard InChI is InChI=1S/C15H14ClN3/c1-10(12-3-2-4-13(16)8-12)19-15-7-11(9-17)5-6-14(15)18/h2-8,10,19H,18H2,1H3. The van der Waals surface area contributed by atoms with Gasteiger partial charge in [0.15, 0.2) is 0 Å². The van der Waals surface area contributed by atoms with Crippen LogP contribution in [0.5, 0.6) is 0 Å². The molecule has 3 N–H and O–H groups in total. The summed E-state index contributed by atoms with van der Waals surface area (Å²) in [6.07, 6.45) is 0. The number of nitrogens with one attached hydrogen (secondary N) is 1. The van der Waals surface area contributed by atoms with Crippen LogP contribution in [-0.2, 0) is 0 Å². The summed E-state index contributed by atoms with van der Waals surface area (Å²) in [6, 6.07) is 15.0. The van der Waals surface area contributed by atoms with Crippen LogP contribution in [0.1, 0.15) is 24.1 Å². The Balaban J connectivity index is 2.24. The van der Waals surface area contributed by atoms with E-state index in [0.29, 0.717) is 16.3 Å². The zero-order valence-corrected chi connectivity index (χ0v) is 11.3. The van der Waals surface area contributed by atoms with Crippen LogP contribution in [0.3, 0.4) is 0 Å². The topological polar surface area (TPSA) is 61.8 Å². The van der Waals surface area contributed by atoms with Crippen LogP contribution < -0.4 is 11.1 Å². The fourth-order valence-corrected chi connectivity index (χ4v) is 2.04. The normalized spacial score (nSPS) is 11.6. The van der Waals surface area contributed by atoms with E-state index in [1.165, 1.54) is 0 Å². The van der Waals surface area contributed by atoms with Crippen LogP contribution in [0.2, 0.25) is 5.02 Å². The molecule has 3 nitrogen and oxygen atoms in total. The van der Waals surface area contributed by atoms with E-state index in [1.807, 2.05) is 31.2 Å². The van der Waals surface area contributed by atoms with Crippen molar-refractivity contribution in [3.8, 4) is 6.07 Å². The lowest BCUT2D eigenvalue weighted by atomic mass is 10.1. The Hall–Kier alpha value is -2.18. The van der Waals surface area contributed by atoms with Crippen molar-refractivity contribution < 1.29 is 0 Å². The third kappa shape index (κ3) is 3.18. The van der Waals surface area contributed by atoms with Crippen LogP contribution in [0, 0.1) is 11.3 Å². The molecule has 0 amide bonds. The molecular formula is C15H14ClN3. The summed E-state index contributed by atoms with van der Waals surface area (Å²) in [7, 11) is 0. The summed E-state index contributed by atoms with van der Waals surface area (Å²) < 4.78 is 0. The number of nitrogens with two attached hydrogens (primary N) is 1. The first-order chi connectivity index (χ1) is 9.10. The van der Waals surface area contributed by atoms with Gasteiger partial charge in [-0.3, -0.25) is 0 Å². The largest absolute Gasteiger partial charge is 0.397 e. The van der Waals surface area contributed by atoms with Gasteiger partial charge in [0.1, 0.15) is 0 Å². The van der Waals surface area contributed by atoms with Gasteiger partial charge in [0.2, 0.25) is 0 Å². The van der Waals surface area contributed by atoms with E-state index in [4.69, 9.17) is 22.6 Å². The van der Waals surface area contributed by atoms with Gasteiger partial charge in [-0.25, -0.2) is 0 Å². The van der Waals surface area contributed by atoms with Gasteiger partial charge in [0.25, 0.3) is 0 Å². The number of hydrogen-bond donors (Lipinski definition) is 2. The highest BCUT2D eigenvalue weighted by Crippen LogP contribution is 2.26. The molecule has 4 heteroatoms. The molecule has 0 aliphatic rings. The number of halogens is 1. The molecule has 96 valence electrons. The molecule has 19 heavy (non-hydrogen) atoms. The highest BCUT2D eigenvalue weighted by atomic mass is 35.5. The lowest BCUT2D eigenvalue weighted by Gasteiger charge is -2.17. The van der Waals surface area contributed by atoms with Gasteiger partial charge in [-0.05, 0) is 42.8 Å². The Morgan fingerprint density at radius 2 is 2.05 bits per heavy atom. The number of anilines is 2. The van der Waals surface area contributed by atoms with E-state index in [9.17, 15) is 0 Å². The average Bonchev–Trinajstić information content (AvgIpc) is 2.41. The minimum atomic E-state index is 0.0509. The third-order valence-electron chi connectivity index (χ3n) is 2.90. The van der Waals surface area contributed by atoms with Gasteiger partial charge in [0, 0.05) is 11.1 Å². The molecule has 0 aromatic heterocycles. The highest BCUT2D eigenvalue weighted by molar-refractivity contribution is 6.30. The van der Waals surface area contributed by atoms with Gasteiger partial charge in [-0.2, -0.15) is 5.26 Å². The third-order valence-corrected chi connectivity index (χ3v) is 3.14. The molecule has 1 unspecified atom stereocenters. The number of rotatable bonds is 3. The minimum absolute atomic E-state index is 0.0509. The number of hydrogen-bond acceptors (Lipinski definition) is 3. The number of benzene rings is 2. The van der Waals surface area contributed by atoms with E-state index in [1.54, 1.807) is 18.2 Å². The van der Waals surface area contributed by atoms with Crippen molar-refractivity contribution in [2.75, 3.05) is 11.1 Å². The Morgan fingerprint density at radius 1 is 1.26 bits per heavy atom. The molecule has 2 aromatic carbocycles. The maximum absolute atomic E-state index is 8.90.